The zero-order valence-corrected chi connectivity index (χ0v) is 11.9. The molecule has 2 saturated heterocycles. The van der Waals surface area contributed by atoms with Crippen LogP contribution in [0.1, 0.15) is 51.4 Å². The normalized spacial score (nSPS) is 31.6. The molecule has 0 aromatic carbocycles. The lowest BCUT2D eigenvalue weighted by Gasteiger charge is -2.29. The Bertz CT molecular complexity index is 200. The van der Waals surface area contributed by atoms with Crippen LogP contribution in [0.3, 0.4) is 0 Å². The van der Waals surface area contributed by atoms with Crippen LogP contribution in [0, 0.1) is 0 Å². The Morgan fingerprint density at radius 2 is 2.24 bits per heavy atom. The zero-order valence-electron chi connectivity index (χ0n) is 11.1. The second kappa shape index (κ2) is 7.65. The fourth-order valence-electron chi connectivity index (χ4n) is 3.04. The van der Waals surface area contributed by atoms with E-state index in [9.17, 15) is 0 Å². The molecule has 3 heteroatoms. The lowest BCUT2D eigenvalue weighted by molar-refractivity contribution is 0.101. The average molecular weight is 257 g/mol. The largest absolute Gasteiger partial charge is 0.378 e. The SMILES string of the molecule is CNC(CCCC1CCCO1)C1CCCCS1. The number of ether oxygens (including phenoxy) is 1. The Morgan fingerprint density at radius 3 is 2.88 bits per heavy atom. The molecule has 3 atom stereocenters. The maximum atomic E-state index is 5.69. The van der Waals surface area contributed by atoms with Gasteiger partial charge in [-0.25, -0.2) is 0 Å². The van der Waals surface area contributed by atoms with Crippen molar-refractivity contribution in [1.82, 2.24) is 5.32 Å². The first kappa shape index (κ1) is 13.7. The summed E-state index contributed by atoms with van der Waals surface area (Å²) in [6.07, 6.45) is 11.3. The Balaban J connectivity index is 1.63. The highest BCUT2D eigenvalue weighted by atomic mass is 32.2. The van der Waals surface area contributed by atoms with Gasteiger partial charge in [-0.05, 0) is 57.7 Å². The van der Waals surface area contributed by atoms with Gasteiger partial charge >= 0.3 is 0 Å². The van der Waals surface area contributed by atoms with Crippen molar-refractivity contribution in [1.29, 1.82) is 0 Å². The molecule has 2 rings (SSSR count). The average Bonchev–Trinajstić information content (AvgIpc) is 2.89. The van der Waals surface area contributed by atoms with E-state index in [4.69, 9.17) is 4.74 Å². The molecule has 17 heavy (non-hydrogen) atoms. The van der Waals surface area contributed by atoms with Gasteiger partial charge in [-0.3, -0.25) is 0 Å². The fraction of sp³-hybridized carbons (Fsp3) is 1.00. The minimum atomic E-state index is 0.575. The van der Waals surface area contributed by atoms with Crippen LogP contribution in [-0.2, 0) is 4.74 Å². The third-order valence-electron chi connectivity index (χ3n) is 4.10. The van der Waals surface area contributed by atoms with Crippen molar-refractivity contribution in [3.8, 4) is 0 Å². The van der Waals surface area contributed by atoms with Gasteiger partial charge in [0.2, 0.25) is 0 Å². The Morgan fingerprint density at radius 1 is 1.29 bits per heavy atom. The van der Waals surface area contributed by atoms with Crippen LogP contribution in [0.5, 0.6) is 0 Å². The minimum Gasteiger partial charge on any atom is -0.378 e. The molecule has 0 aromatic rings. The number of thioether (sulfide) groups is 1. The first-order valence-corrected chi connectivity index (χ1v) is 8.35. The van der Waals surface area contributed by atoms with Crippen molar-refractivity contribution in [2.45, 2.75) is 68.8 Å². The summed E-state index contributed by atoms with van der Waals surface area (Å²) in [4.78, 5) is 0. The van der Waals surface area contributed by atoms with E-state index in [0.29, 0.717) is 6.10 Å². The van der Waals surface area contributed by atoms with Gasteiger partial charge in [0, 0.05) is 17.9 Å². The second-order valence-corrected chi connectivity index (χ2v) is 6.71. The van der Waals surface area contributed by atoms with Crippen molar-refractivity contribution in [2.24, 2.45) is 0 Å². The lowest BCUT2D eigenvalue weighted by Crippen LogP contribution is -2.37. The van der Waals surface area contributed by atoms with E-state index in [1.807, 2.05) is 0 Å². The summed E-state index contributed by atoms with van der Waals surface area (Å²) in [7, 11) is 2.13. The molecule has 0 amide bonds. The van der Waals surface area contributed by atoms with Crippen molar-refractivity contribution in [2.75, 3.05) is 19.4 Å². The van der Waals surface area contributed by atoms with Crippen molar-refractivity contribution < 1.29 is 4.74 Å². The molecule has 2 heterocycles. The van der Waals surface area contributed by atoms with Crippen molar-refractivity contribution in [3.05, 3.63) is 0 Å². The molecular formula is C14H27NOS. The van der Waals surface area contributed by atoms with E-state index in [1.54, 1.807) is 0 Å². The summed E-state index contributed by atoms with van der Waals surface area (Å²) in [5.74, 6) is 1.37. The molecule has 0 aliphatic carbocycles. The third-order valence-corrected chi connectivity index (χ3v) is 5.62. The molecule has 2 nitrogen and oxygen atoms in total. The predicted molar refractivity (Wildman–Crippen MR) is 75.8 cm³/mol. The van der Waals surface area contributed by atoms with Gasteiger partial charge in [-0.1, -0.05) is 6.42 Å². The summed E-state index contributed by atoms with van der Waals surface area (Å²) in [6.45, 7) is 0.999. The molecule has 100 valence electrons. The van der Waals surface area contributed by atoms with Gasteiger partial charge in [-0.2, -0.15) is 11.8 Å². The zero-order chi connectivity index (χ0) is 11.9. The van der Waals surface area contributed by atoms with Crippen LogP contribution in [0.25, 0.3) is 0 Å². The Labute approximate surface area is 110 Å². The molecule has 0 bridgehead atoms. The highest BCUT2D eigenvalue weighted by Crippen LogP contribution is 2.29. The fourth-order valence-corrected chi connectivity index (χ4v) is 4.55. The molecule has 0 spiro atoms. The van der Waals surface area contributed by atoms with Crippen LogP contribution < -0.4 is 5.32 Å². The maximum absolute atomic E-state index is 5.69. The first-order chi connectivity index (χ1) is 8.40. The van der Waals surface area contributed by atoms with Gasteiger partial charge in [0.05, 0.1) is 6.10 Å². The van der Waals surface area contributed by atoms with Gasteiger partial charge in [0.25, 0.3) is 0 Å². The van der Waals surface area contributed by atoms with E-state index >= 15 is 0 Å². The lowest BCUT2D eigenvalue weighted by atomic mass is 10.00. The Hall–Kier alpha value is 0.270. The summed E-state index contributed by atoms with van der Waals surface area (Å²) >= 11 is 2.18. The molecular weight excluding hydrogens is 230 g/mol. The molecule has 0 radical (unpaired) electrons. The quantitative estimate of drug-likeness (QED) is 0.789. The number of rotatable bonds is 6. The van der Waals surface area contributed by atoms with Gasteiger partial charge in [0.1, 0.15) is 0 Å². The molecule has 0 saturated carbocycles. The molecule has 3 unspecified atom stereocenters. The maximum Gasteiger partial charge on any atom is 0.0576 e. The van der Waals surface area contributed by atoms with E-state index in [-0.39, 0.29) is 0 Å². The third kappa shape index (κ3) is 4.46. The van der Waals surface area contributed by atoms with E-state index in [0.717, 1.165) is 17.9 Å². The summed E-state index contributed by atoms with van der Waals surface area (Å²) in [5.41, 5.74) is 0. The monoisotopic (exact) mass is 257 g/mol. The topological polar surface area (TPSA) is 21.3 Å². The summed E-state index contributed by atoms with van der Waals surface area (Å²) in [5, 5.41) is 4.39. The van der Waals surface area contributed by atoms with Crippen LogP contribution in [-0.4, -0.2) is 36.8 Å². The van der Waals surface area contributed by atoms with E-state index in [2.05, 4.69) is 24.1 Å². The molecule has 2 aliphatic heterocycles. The Kier molecular flexibility index (Phi) is 6.16. The van der Waals surface area contributed by atoms with Crippen molar-refractivity contribution >= 4 is 11.8 Å². The van der Waals surface area contributed by atoms with E-state index < -0.39 is 0 Å². The predicted octanol–water partition coefficient (Wildman–Crippen LogP) is 3.21. The molecule has 0 aromatic heterocycles. The van der Waals surface area contributed by atoms with Gasteiger partial charge in [0.15, 0.2) is 0 Å². The van der Waals surface area contributed by atoms with Crippen LogP contribution in [0.2, 0.25) is 0 Å². The number of hydrogen-bond donors (Lipinski definition) is 1. The molecule has 1 N–H and O–H groups in total. The number of nitrogens with one attached hydrogen (secondary N) is 1. The molecule has 2 fully saturated rings. The standard InChI is InChI=1S/C14H27NOS/c1-15-13(14-9-2-3-11-17-14)8-4-6-12-7-5-10-16-12/h12-15H,2-11H2,1H3. The summed E-state index contributed by atoms with van der Waals surface area (Å²) < 4.78 is 5.69. The molecule has 2 aliphatic rings. The van der Waals surface area contributed by atoms with Gasteiger partial charge in [-0.15, -0.1) is 0 Å². The van der Waals surface area contributed by atoms with Crippen LogP contribution in [0.15, 0.2) is 0 Å². The highest BCUT2D eigenvalue weighted by molar-refractivity contribution is 8.00. The van der Waals surface area contributed by atoms with Crippen LogP contribution >= 0.6 is 11.8 Å². The van der Waals surface area contributed by atoms with Crippen molar-refractivity contribution in [3.63, 3.8) is 0 Å². The van der Waals surface area contributed by atoms with Gasteiger partial charge < -0.3 is 10.1 Å². The highest BCUT2D eigenvalue weighted by Gasteiger charge is 2.23. The van der Waals surface area contributed by atoms with Crippen LogP contribution in [0.4, 0.5) is 0 Å². The minimum absolute atomic E-state index is 0.575. The second-order valence-electron chi connectivity index (χ2n) is 5.37. The smallest absolute Gasteiger partial charge is 0.0576 e. The number of hydrogen-bond acceptors (Lipinski definition) is 3. The van der Waals surface area contributed by atoms with E-state index in [1.165, 1.54) is 57.1 Å². The first-order valence-electron chi connectivity index (χ1n) is 7.30. The summed E-state index contributed by atoms with van der Waals surface area (Å²) in [6, 6.07) is 0.724.